The van der Waals surface area contributed by atoms with Gasteiger partial charge in [0.2, 0.25) is 0 Å². The molecule has 0 spiro atoms. The van der Waals surface area contributed by atoms with Crippen molar-refractivity contribution in [1.29, 1.82) is 0 Å². The average molecular weight is 269 g/mol. The van der Waals surface area contributed by atoms with E-state index in [9.17, 15) is 4.79 Å². The molecule has 0 unspecified atom stereocenters. The van der Waals surface area contributed by atoms with E-state index in [0.717, 1.165) is 6.42 Å². The van der Waals surface area contributed by atoms with Crippen LogP contribution in [0.2, 0.25) is 0 Å². The van der Waals surface area contributed by atoms with Gasteiger partial charge in [-0.1, -0.05) is 54.1 Å². The zero-order valence-electron chi connectivity index (χ0n) is 10.4. The van der Waals surface area contributed by atoms with Gasteiger partial charge in [-0.05, 0) is 40.2 Å². The number of ketones is 1. The van der Waals surface area contributed by atoms with Gasteiger partial charge >= 0.3 is 0 Å². The summed E-state index contributed by atoms with van der Waals surface area (Å²) in [4.78, 5) is 12.0. The van der Waals surface area contributed by atoms with Crippen molar-refractivity contribution in [3.8, 4) is 0 Å². The Balaban J connectivity index is 1.97. The standard InChI is InChI=1S/C17H13ClO/c18-15-8-7-11-12-5-1-3-10-4-2-6-13(17(10)12)14(11)9-16(15)19/h1-6,8,11,14H,7,9H2/t11-,14-/m0/s1. The predicted molar refractivity (Wildman–Crippen MR) is 77.6 cm³/mol. The molecule has 2 aliphatic rings. The van der Waals surface area contributed by atoms with Crippen molar-refractivity contribution in [2.45, 2.75) is 24.7 Å². The topological polar surface area (TPSA) is 17.1 Å². The van der Waals surface area contributed by atoms with Crippen molar-refractivity contribution >= 4 is 28.2 Å². The lowest BCUT2D eigenvalue weighted by molar-refractivity contribution is -0.115. The largest absolute Gasteiger partial charge is 0.293 e. The maximum Gasteiger partial charge on any atom is 0.174 e. The average Bonchev–Trinajstić information content (AvgIpc) is 2.64. The third-order valence-electron chi connectivity index (χ3n) is 4.48. The summed E-state index contributed by atoms with van der Waals surface area (Å²) in [5.41, 5.74) is 2.71. The number of hydrogen-bond acceptors (Lipinski definition) is 1. The van der Waals surface area contributed by atoms with Crippen molar-refractivity contribution in [3.05, 3.63) is 58.6 Å². The summed E-state index contributed by atoms with van der Waals surface area (Å²) in [6.45, 7) is 0. The van der Waals surface area contributed by atoms with Gasteiger partial charge in [-0.25, -0.2) is 0 Å². The van der Waals surface area contributed by atoms with E-state index in [1.54, 1.807) is 0 Å². The molecule has 2 aromatic rings. The Hall–Kier alpha value is -1.60. The zero-order chi connectivity index (χ0) is 13.0. The fraction of sp³-hybridized carbons (Fsp3) is 0.235. The molecule has 0 bridgehead atoms. The summed E-state index contributed by atoms with van der Waals surface area (Å²) < 4.78 is 0. The van der Waals surface area contributed by atoms with E-state index in [4.69, 9.17) is 11.6 Å². The highest BCUT2D eigenvalue weighted by Crippen LogP contribution is 2.51. The Morgan fingerprint density at radius 1 is 1.00 bits per heavy atom. The van der Waals surface area contributed by atoms with Crippen LogP contribution in [-0.2, 0) is 4.79 Å². The molecule has 1 nitrogen and oxygen atoms in total. The molecular formula is C17H13ClO. The summed E-state index contributed by atoms with van der Waals surface area (Å²) >= 11 is 6.02. The molecule has 0 radical (unpaired) electrons. The third-order valence-corrected chi connectivity index (χ3v) is 4.84. The molecule has 19 heavy (non-hydrogen) atoms. The van der Waals surface area contributed by atoms with E-state index in [2.05, 4.69) is 36.4 Å². The Labute approximate surface area is 116 Å². The minimum absolute atomic E-state index is 0.0824. The molecule has 2 aromatic carbocycles. The van der Waals surface area contributed by atoms with Gasteiger partial charge in [0, 0.05) is 6.42 Å². The zero-order valence-corrected chi connectivity index (χ0v) is 11.2. The number of carbonyl (C=O) groups is 1. The minimum atomic E-state index is 0.0824. The first-order valence-corrected chi connectivity index (χ1v) is 7.04. The number of rotatable bonds is 0. The van der Waals surface area contributed by atoms with Crippen LogP contribution in [0.1, 0.15) is 35.8 Å². The van der Waals surface area contributed by atoms with Crippen LogP contribution in [0.15, 0.2) is 47.5 Å². The molecule has 4 rings (SSSR count). The quantitative estimate of drug-likeness (QED) is 0.687. The first-order chi connectivity index (χ1) is 9.25. The van der Waals surface area contributed by atoms with Gasteiger partial charge in [0.25, 0.3) is 0 Å². The summed E-state index contributed by atoms with van der Waals surface area (Å²) in [5, 5.41) is 3.06. The lowest BCUT2D eigenvalue weighted by Crippen LogP contribution is -2.07. The first kappa shape index (κ1) is 11.2. The lowest BCUT2D eigenvalue weighted by atomic mass is 9.85. The van der Waals surface area contributed by atoms with E-state index < -0.39 is 0 Å². The molecule has 0 saturated carbocycles. The second kappa shape index (κ2) is 3.94. The second-order valence-electron chi connectivity index (χ2n) is 5.42. The molecule has 0 heterocycles. The molecule has 2 atom stereocenters. The Morgan fingerprint density at radius 3 is 2.42 bits per heavy atom. The number of hydrogen-bond donors (Lipinski definition) is 0. The van der Waals surface area contributed by atoms with Gasteiger partial charge in [-0.2, -0.15) is 0 Å². The SMILES string of the molecule is O=C1C[C@@H]2c3cccc4cccc(c34)[C@@H]2CC=C1Cl. The Bertz CT molecular complexity index is 724. The number of carbonyl (C=O) groups excluding carboxylic acids is 1. The van der Waals surface area contributed by atoms with Crippen LogP contribution in [0.3, 0.4) is 0 Å². The summed E-state index contributed by atoms with van der Waals surface area (Å²) in [6, 6.07) is 12.9. The van der Waals surface area contributed by atoms with E-state index in [-0.39, 0.29) is 5.78 Å². The highest BCUT2D eigenvalue weighted by Gasteiger charge is 2.36. The predicted octanol–water partition coefficient (Wildman–Crippen LogP) is 4.51. The van der Waals surface area contributed by atoms with Crippen LogP contribution >= 0.6 is 11.6 Å². The molecule has 0 saturated heterocycles. The van der Waals surface area contributed by atoms with Crippen molar-refractivity contribution in [3.63, 3.8) is 0 Å². The monoisotopic (exact) mass is 268 g/mol. The Kier molecular flexibility index (Phi) is 2.33. The maximum atomic E-state index is 12.0. The molecule has 0 amide bonds. The smallest absolute Gasteiger partial charge is 0.174 e. The van der Waals surface area contributed by atoms with Crippen LogP contribution in [0.4, 0.5) is 0 Å². The number of halogens is 1. The van der Waals surface area contributed by atoms with Crippen molar-refractivity contribution in [1.82, 2.24) is 0 Å². The maximum absolute atomic E-state index is 12.0. The van der Waals surface area contributed by atoms with E-state index in [0.29, 0.717) is 23.3 Å². The number of fused-ring (bicyclic) bond motifs is 3. The van der Waals surface area contributed by atoms with Crippen LogP contribution in [0.5, 0.6) is 0 Å². The number of benzene rings is 2. The van der Waals surface area contributed by atoms with Crippen molar-refractivity contribution in [2.75, 3.05) is 0 Å². The fourth-order valence-corrected chi connectivity index (χ4v) is 3.80. The highest BCUT2D eigenvalue weighted by atomic mass is 35.5. The Morgan fingerprint density at radius 2 is 1.68 bits per heavy atom. The highest BCUT2D eigenvalue weighted by molar-refractivity contribution is 6.42. The van der Waals surface area contributed by atoms with Crippen LogP contribution in [0, 0.1) is 0 Å². The van der Waals surface area contributed by atoms with Crippen LogP contribution in [-0.4, -0.2) is 5.78 Å². The molecule has 0 aliphatic heterocycles. The van der Waals surface area contributed by atoms with Gasteiger partial charge in [0.1, 0.15) is 0 Å². The van der Waals surface area contributed by atoms with E-state index in [1.807, 2.05) is 6.08 Å². The first-order valence-electron chi connectivity index (χ1n) is 6.66. The molecule has 0 aromatic heterocycles. The third kappa shape index (κ3) is 1.51. The summed E-state index contributed by atoms with van der Waals surface area (Å²) in [7, 11) is 0. The van der Waals surface area contributed by atoms with E-state index >= 15 is 0 Å². The molecule has 2 heteroatoms. The molecule has 2 aliphatic carbocycles. The number of allylic oxidation sites excluding steroid dienone is 2. The van der Waals surface area contributed by atoms with Gasteiger partial charge in [0.15, 0.2) is 5.78 Å². The fourth-order valence-electron chi connectivity index (χ4n) is 3.64. The minimum Gasteiger partial charge on any atom is -0.293 e. The van der Waals surface area contributed by atoms with E-state index in [1.165, 1.54) is 21.9 Å². The van der Waals surface area contributed by atoms with Crippen molar-refractivity contribution < 1.29 is 4.79 Å². The normalized spacial score (nSPS) is 25.1. The van der Waals surface area contributed by atoms with Gasteiger partial charge in [0.05, 0.1) is 5.03 Å². The molecule has 94 valence electrons. The number of Topliss-reactive ketones (excluding diaryl/α,β-unsaturated/α-hetero) is 1. The van der Waals surface area contributed by atoms with Gasteiger partial charge < -0.3 is 0 Å². The summed E-state index contributed by atoms with van der Waals surface area (Å²) in [5.74, 6) is 0.779. The van der Waals surface area contributed by atoms with Crippen LogP contribution in [0.25, 0.3) is 10.8 Å². The second-order valence-corrected chi connectivity index (χ2v) is 5.83. The van der Waals surface area contributed by atoms with Crippen LogP contribution < -0.4 is 0 Å². The summed E-state index contributed by atoms with van der Waals surface area (Å²) in [6.07, 6.45) is 3.30. The molecular weight excluding hydrogens is 256 g/mol. The molecule has 0 fully saturated rings. The molecule has 0 N–H and O–H groups in total. The van der Waals surface area contributed by atoms with Gasteiger partial charge in [-0.15, -0.1) is 0 Å². The van der Waals surface area contributed by atoms with Gasteiger partial charge in [-0.3, -0.25) is 4.79 Å². The lowest BCUT2D eigenvalue weighted by Gasteiger charge is -2.17. The van der Waals surface area contributed by atoms with Crippen molar-refractivity contribution in [2.24, 2.45) is 0 Å².